The van der Waals surface area contributed by atoms with E-state index in [1.165, 1.54) is 0 Å². The number of halogens is 1. The average Bonchev–Trinajstić information content (AvgIpc) is 2.66. The first kappa shape index (κ1) is 18.6. The Kier molecular flexibility index (Phi) is 5.47. The number of fused-ring (bicyclic) bond motifs is 1. The van der Waals surface area contributed by atoms with Gasteiger partial charge in [0, 0.05) is 37.2 Å². The van der Waals surface area contributed by atoms with Gasteiger partial charge in [-0.3, -0.25) is 4.79 Å². The van der Waals surface area contributed by atoms with Gasteiger partial charge >= 0.3 is 0 Å². The van der Waals surface area contributed by atoms with Gasteiger partial charge in [0.15, 0.2) is 5.82 Å². The lowest BCUT2D eigenvalue weighted by Gasteiger charge is -2.33. The molecule has 0 fully saturated rings. The van der Waals surface area contributed by atoms with Crippen LogP contribution in [0, 0.1) is 0 Å². The van der Waals surface area contributed by atoms with Crippen molar-refractivity contribution in [3.8, 4) is 11.4 Å². The first-order chi connectivity index (χ1) is 12.4. The number of anilines is 1. The van der Waals surface area contributed by atoms with Crippen molar-refractivity contribution in [1.29, 1.82) is 0 Å². The maximum atomic E-state index is 12.4. The summed E-state index contributed by atoms with van der Waals surface area (Å²) < 4.78 is 0. The number of carbonyl (C=O) groups excluding carboxylic acids is 1. The Morgan fingerprint density at radius 1 is 1.19 bits per heavy atom. The van der Waals surface area contributed by atoms with Gasteiger partial charge in [-0.15, -0.1) is 11.6 Å². The zero-order valence-corrected chi connectivity index (χ0v) is 16.5. The average molecular weight is 373 g/mol. The standard InChI is InChI=1S/C20H25ClN4O/c1-13(2)24(4)19-16-12-25(20(26)14(3)21)11-10-17(16)22-18(23-19)15-8-6-5-7-9-15/h5-9,13-14H,10-12H2,1-4H3. The zero-order valence-electron chi connectivity index (χ0n) is 15.7. The molecule has 0 saturated heterocycles. The molecule has 0 radical (unpaired) electrons. The Hall–Kier alpha value is -2.14. The van der Waals surface area contributed by atoms with E-state index in [1.807, 2.05) is 42.3 Å². The number of nitrogens with zero attached hydrogens (tertiary/aromatic N) is 4. The van der Waals surface area contributed by atoms with Gasteiger partial charge in [-0.05, 0) is 20.8 Å². The molecule has 5 nitrogen and oxygen atoms in total. The van der Waals surface area contributed by atoms with Crippen molar-refractivity contribution in [2.75, 3.05) is 18.5 Å². The molecule has 2 heterocycles. The molecule has 1 unspecified atom stereocenters. The highest BCUT2D eigenvalue weighted by molar-refractivity contribution is 6.30. The summed E-state index contributed by atoms with van der Waals surface area (Å²) in [4.78, 5) is 26.0. The highest BCUT2D eigenvalue weighted by Gasteiger charge is 2.29. The number of aromatic nitrogens is 2. The fraction of sp³-hybridized carbons (Fsp3) is 0.450. The minimum Gasteiger partial charge on any atom is -0.357 e. The van der Waals surface area contributed by atoms with Crippen LogP contribution in [0.5, 0.6) is 0 Å². The third-order valence-electron chi connectivity index (χ3n) is 4.83. The highest BCUT2D eigenvalue weighted by Crippen LogP contribution is 2.30. The molecule has 1 aromatic heterocycles. The van der Waals surface area contributed by atoms with Crippen molar-refractivity contribution in [2.24, 2.45) is 0 Å². The first-order valence-corrected chi connectivity index (χ1v) is 9.43. The minimum absolute atomic E-state index is 0.0393. The van der Waals surface area contributed by atoms with Crippen LogP contribution >= 0.6 is 11.6 Å². The second-order valence-corrected chi connectivity index (χ2v) is 7.65. The monoisotopic (exact) mass is 372 g/mol. The molecular weight excluding hydrogens is 348 g/mol. The van der Waals surface area contributed by atoms with Crippen molar-refractivity contribution in [3.63, 3.8) is 0 Å². The molecule has 1 amide bonds. The molecule has 138 valence electrons. The van der Waals surface area contributed by atoms with Gasteiger partial charge in [-0.2, -0.15) is 0 Å². The number of benzene rings is 1. The van der Waals surface area contributed by atoms with Crippen LogP contribution in [-0.4, -0.2) is 45.8 Å². The lowest BCUT2D eigenvalue weighted by Crippen LogP contribution is -2.41. The normalized spacial score (nSPS) is 14.9. The number of amides is 1. The van der Waals surface area contributed by atoms with Crippen LogP contribution in [0.3, 0.4) is 0 Å². The van der Waals surface area contributed by atoms with Crippen LogP contribution in [0.2, 0.25) is 0 Å². The maximum Gasteiger partial charge on any atom is 0.240 e. The van der Waals surface area contributed by atoms with Crippen LogP contribution in [0.1, 0.15) is 32.0 Å². The van der Waals surface area contributed by atoms with Gasteiger partial charge < -0.3 is 9.80 Å². The molecular formula is C20H25ClN4O. The van der Waals surface area contributed by atoms with Crippen LogP contribution < -0.4 is 4.90 Å². The summed E-state index contributed by atoms with van der Waals surface area (Å²) in [5.41, 5.74) is 3.05. The fourth-order valence-electron chi connectivity index (χ4n) is 3.09. The van der Waals surface area contributed by atoms with Crippen LogP contribution in [0.4, 0.5) is 5.82 Å². The molecule has 0 bridgehead atoms. The SMILES string of the molecule is CC(Cl)C(=O)N1CCc2nc(-c3ccccc3)nc(N(C)C(C)C)c2C1. The zero-order chi connectivity index (χ0) is 18.8. The summed E-state index contributed by atoms with van der Waals surface area (Å²) in [7, 11) is 2.03. The third-order valence-corrected chi connectivity index (χ3v) is 5.02. The van der Waals surface area contributed by atoms with Gasteiger partial charge in [0.2, 0.25) is 5.91 Å². The Morgan fingerprint density at radius 3 is 2.50 bits per heavy atom. The summed E-state index contributed by atoms with van der Waals surface area (Å²) in [6.07, 6.45) is 0.714. The van der Waals surface area contributed by atoms with Crippen LogP contribution in [0.15, 0.2) is 30.3 Å². The van der Waals surface area contributed by atoms with Crippen molar-refractivity contribution in [3.05, 3.63) is 41.6 Å². The lowest BCUT2D eigenvalue weighted by molar-refractivity contribution is -0.131. The molecule has 0 spiro atoms. The van der Waals surface area contributed by atoms with E-state index in [9.17, 15) is 4.79 Å². The van der Waals surface area contributed by atoms with Gasteiger partial charge in [-0.1, -0.05) is 30.3 Å². The van der Waals surface area contributed by atoms with E-state index in [1.54, 1.807) is 6.92 Å². The number of hydrogen-bond acceptors (Lipinski definition) is 4. The highest BCUT2D eigenvalue weighted by atomic mass is 35.5. The molecule has 0 aliphatic carbocycles. The lowest BCUT2D eigenvalue weighted by atomic mass is 10.0. The number of alkyl halides is 1. The van der Waals surface area contributed by atoms with E-state index in [0.29, 0.717) is 19.5 Å². The molecule has 1 aromatic carbocycles. The molecule has 6 heteroatoms. The Bertz CT molecular complexity index is 792. The molecule has 26 heavy (non-hydrogen) atoms. The van der Waals surface area contributed by atoms with E-state index in [2.05, 4.69) is 18.7 Å². The summed E-state index contributed by atoms with van der Waals surface area (Å²) in [6.45, 7) is 7.12. The summed E-state index contributed by atoms with van der Waals surface area (Å²) in [6, 6.07) is 10.3. The topological polar surface area (TPSA) is 49.3 Å². The minimum atomic E-state index is -0.521. The van der Waals surface area contributed by atoms with Crippen molar-refractivity contribution in [1.82, 2.24) is 14.9 Å². The molecule has 1 atom stereocenters. The van der Waals surface area contributed by atoms with Gasteiger partial charge in [0.1, 0.15) is 11.2 Å². The van der Waals surface area contributed by atoms with E-state index in [0.717, 1.165) is 28.5 Å². The maximum absolute atomic E-state index is 12.4. The summed E-state index contributed by atoms with van der Waals surface area (Å²) >= 11 is 6.01. The smallest absolute Gasteiger partial charge is 0.240 e. The van der Waals surface area contributed by atoms with Gasteiger partial charge in [0.25, 0.3) is 0 Å². The first-order valence-electron chi connectivity index (χ1n) is 8.99. The predicted molar refractivity (Wildman–Crippen MR) is 105 cm³/mol. The predicted octanol–water partition coefficient (Wildman–Crippen LogP) is 3.50. The molecule has 0 saturated carbocycles. The Balaban J connectivity index is 2.06. The summed E-state index contributed by atoms with van der Waals surface area (Å²) in [5.74, 6) is 1.59. The number of hydrogen-bond donors (Lipinski definition) is 0. The molecule has 3 rings (SSSR count). The van der Waals surface area contributed by atoms with Crippen LogP contribution in [-0.2, 0) is 17.8 Å². The quantitative estimate of drug-likeness (QED) is 0.771. The molecule has 2 aromatic rings. The fourth-order valence-corrected chi connectivity index (χ4v) is 3.23. The Morgan fingerprint density at radius 2 is 1.88 bits per heavy atom. The Labute approximate surface area is 160 Å². The van der Waals surface area contributed by atoms with Crippen molar-refractivity contribution >= 4 is 23.3 Å². The van der Waals surface area contributed by atoms with Crippen molar-refractivity contribution in [2.45, 2.75) is 45.2 Å². The van der Waals surface area contributed by atoms with E-state index < -0.39 is 5.38 Å². The third kappa shape index (κ3) is 3.68. The van der Waals surface area contributed by atoms with E-state index in [4.69, 9.17) is 21.6 Å². The van der Waals surface area contributed by atoms with Gasteiger partial charge in [-0.25, -0.2) is 9.97 Å². The number of carbonyl (C=O) groups is 1. The van der Waals surface area contributed by atoms with Crippen molar-refractivity contribution < 1.29 is 4.79 Å². The second-order valence-electron chi connectivity index (χ2n) is 6.99. The largest absolute Gasteiger partial charge is 0.357 e. The second kappa shape index (κ2) is 7.62. The summed E-state index contributed by atoms with van der Waals surface area (Å²) in [5, 5.41) is -0.521. The van der Waals surface area contributed by atoms with Crippen LogP contribution in [0.25, 0.3) is 11.4 Å². The van der Waals surface area contributed by atoms with E-state index >= 15 is 0 Å². The van der Waals surface area contributed by atoms with Gasteiger partial charge in [0.05, 0.1) is 12.2 Å². The number of rotatable bonds is 4. The molecule has 0 N–H and O–H groups in total. The molecule has 1 aliphatic heterocycles. The molecule has 1 aliphatic rings. The van der Waals surface area contributed by atoms with E-state index in [-0.39, 0.29) is 11.9 Å².